The Morgan fingerprint density at radius 3 is 2.31 bits per heavy atom. The van der Waals surface area contributed by atoms with E-state index in [0.29, 0.717) is 11.3 Å². The fourth-order valence-electron chi connectivity index (χ4n) is 2.85. The molecule has 8 heteroatoms. The zero-order valence-electron chi connectivity index (χ0n) is 16.6. The zero-order chi connectivity index (χ0) is 21.4. The highest BCUT2D eigenvalue weighted by atomic mass is 79.9. The monoisotopic (exact) mass is 501 g/mol. The van der Waals surface area contributed by atoms with Gasteiger partial charge in [-0.15, -0.1) is 0 Å². The van der Waals surface area contributed by atoms with Crippen molar-refractivity contribution in [2.75, 3.05) is 5.75 Å². The summed E-state index contributed by atoms with van der Waals surface area (Å²) in [5.41, 5.74) is 0.957. The smallest absolute Gasteiger partial charge is 0.240 e. The number of hydrogen-bond donors (Lipinski definition) is 2. The summed E-state index contributed by atoms with van der Waals surface area (Å²) in [7, 11) is -5.25. The Hall–Kier alpha value is -1.06. The second kappa shape index (κ2) is 11.4. The van der Waals surface area contributed by atoms with Gasteiger partial charge in [0.05, 0.1) is 26.6 Å². The van der Waals surface area contributed by atoms with Crippen molar-refractivity contribution in [3.05, 3.63) is 60.2 Å². The largest absolute Gasteiger partial charge is 0.392 e. The third kappa shape index (κ3) is 7.29. The summed E-state index contributed by atoms with van der Waals surface area (Å²) in [6.45, 7) is 3.91. The minimum absolute atomic E-state index is 0.0498. The van der Waals surface area contributed by atoms with Gasteiger partial charge in [0.1, 0.15) is 0 Å². The van der Waals surface area contributed by atoms with Gasteiger partial charge in [0.2, 0.25) is 10.0 Å². The minimum atomic E-state index is -3.83. The molecule has 0 fully saturated rings. The molecule has 0 saturated heterocycles. The Morgan fingerprint density at radius 2 is 1.72 bits per heavy atom. The van der Waals surface area contributed by atoms with E-state index in [4.69, 9.17) is 0 Å². The Labute approximate surface area is 184 Å². The molecule has 0 saturated carbocycles. The van der Waals surface area contributed by atoms with Crippen LogP contribution in [0.2, 0.25) is 0 Å². The lowest BCUT2D eigenvalue weighted by molar-refractivity contribution is 0.152. The maximum atomic E-state index is 12.9. The lowest BCUT2D eigenvalue weighted by Crippen LogP contribution is -2.48. The van der Waals surface area contributed by atoms with Crippen LogP contribution in [0.3, 0.4) is 0 Å². The molecule has 2 N–H and O–H groups in total. The predicted molar refractivity (Wildman–Crippen MR) is 121 cm³/mol. The van der Waals surface area contributed by atoms with E-state index in [2.05, 4.69) is 20.7 Å². The van der Waals surface area contributed by atoms with Gasteiger partial charge in [-0.3, -0.25) is 4.21 Å². The van der Waals surface area contributed by atoms with Gasteiger partial charge < -0.3 is 5.11 Å². The van der Waals surface area contributed by atoms with Crippen LogP contribution in [0.5, 0.6) is 0 Å². The van der Waals surface area contributed by atoms with Gasteiger partial charge in [-0.05, 0) is 37.6 Å². The third-order valence-electron chi connectivity index (χ3n) is 4.58. The Bertz CT molecular complexity index is 889. The fourth-order valence-corrected chi connectivity index (χ4v) is 6.49. The summed E-state index contributed by atoms with van der Waals surface area (Å²) in [6.07, 6.45) is 1.52. The van der Waals surface area contributed by atoms with Crippen LogP contribution < -0.4 is 4.72 Å². The van der Waals surface area contributed by atoms with Crippen LogP contribution in [0.15, 0.2) is 64.4 Å². The molecule has 0 aliphatic rings. The van der Waals surface area contributed by atoms with E-state index in [1.54, 1.807) is 48.5 Å². The normalized spacial score (nSPS) is 16.1. The SMILES string of the molecule is CCCC[C@H](O)[C@@H](Br)[C@H](CS(=O)c1ccccc1)NS(=O)(=O)c1ccc(C)cc1. The minimum Gasteiger partial charge on any atom is -0.392 e. The number of nitrogens with one attached hydrogen (secondary N) is 1. The van der Waals surface area contributed by atoms with Crippen molar-refractivity contribution in [1.29, 1.82) is 0 Å². The number of halogens is 1. The molecular weight excluding hydrogens is 474 g/mol. The molecule has 0 bridgehead atoms. The maximum Gasteiger partial charge on any atom is 0.240 e. The Morgan fingerprint density at radius 1 is 1.10 bits per heavy atom. The van der Waals surface area contributed by atoms with E-state index in [1.807, 2.05) is 19.9 Å². The zero-order valence-corrected chi connectivity index (χ0v) is 19.8. The van der Waals surface area contributed by atoms with Gasteiger partial charge in [0.15, 0.2) is 0 Å². The molecular formula is C21H28BrNO4S2. The molecule has 1 unspecified atom stereocenters. The van der Waals surface area contributed by atoms with E-state index >= 15 is 0 Å². The molecule has 2 aromatic rings. The highest BCUT2D eigenvalue weighted by Crippen LogP contribution is 2.21. The van der Waals surface area contributed by atoms with Crippen molar-refractivity contribution in [2.45, 2.75) is 59.9 Å². The molecule has 2 rings (SSSR count). The van der Waals surface area contributed by atoms with Gasteiger partial charge in [-0.25, -0.2) is 13.1 Å². The van der Waals surface area contributed by atoms with Crippen molar-refractivity contribution in [1.82, 2.24) is 4.72 Å². The quantitative estimate of drug-likeness (QED) is 0.459. The molecule has 29 heavy (non-hydrogen) atoms. The first kappa shape index (κ1) is 24.2. The first-order valence-corrected chi connectivity index (χ1v) is 13.3. The van der Waals surface area contributed by atoms with E-state index in [-0.39, 0.29) is 10.6 Å². The number of benzene rings is 2. The Balaban J connectivity index is 2.25. The van der Waals surface area contributed by atoms with Crippen molar-refractivity contribution < 1.29 is 17.7 Å². The molecule has 5 nitrogen and oxygen atoms in total. The predicted octanol–water partition coefficient (Wildman–Crippen LogP) is 3.76. The van der Waals surface area contributed by atoms with Crippen LogP contribution in [-0.4, -0.2) is 40.5 Å². The number of sulfonamides is 1. The van der Waals surface area contributed by atoms with Gasteiger partial charge in [-0.1, -0.05) is 71.6 Å². The summed E-state index contributed by atoms with van der Waals surface area (Å²) in [5, 5.41) is 10.5. The van der Waals surface area contributed by atoms with Crippen molar-refractivity contribution in [2.24, 2.45) is 0 Å². The van der Waals surface area contributed by atoms with Crippen LogP contribution in [0.4, 0.5) is 0 Å². The average molecular weight is 502 g/mol. The van der Waals surface area contributed by atoms with Crippen molar-refractivity contribution in [3.63, 3.8) is 0 Å². The summed E-state index contributed by atoms with van der Waals surface area (Å²) in [5.74, 6) is 0.0498. The van der Waals surface area contributed by atoms with Gasteiger partial charge >= 0.3 is 0 Å². The van der Waals surface area contributed by atoms with Crippen LogP contribution in [0, 0.1) is 6.92 Å². The molecule has 160 valence electrons. The van der Waals surface area contributed by atoms with E-state index in [9.17, 15) is 17.7 Å². The summed E-state index contributed by atoms with van der Waals surface area (Å²) >= 11 is 3.47. The van der Waals surface area contributed by atoms with Crippen molar-refractivity contribution >= 4 is 36.8 Å². The number of hydrogen-bond acceptors (Lipinski definition) is 4. The highest BCUT2D eigenvalue weighted by molar-refractivity contribution is 9.09. The highest BCUT2D eigenvalue weighted by Gasteiger charge is 2.31. The maximum absolute atomic E-state index is 12.9. The van der Waals surface area contributed by atoms with Gasteiger partial charge in [-0.2, -0.15) is 0 Å². The van der Waals surface area contributed by atoms with Crippen molar-refractivity contribution in [3.8, 4) is 0 Å². The van der Waals surface area contributed by atoms with Crippen LogP contribution in [-0.2, 0) is 20.8 Å². The van der Waals surface area contributed by atoms with Gasteiger partial charge in [0.25, 0.3) is 0 Å². The summed E-state index contributed by atoms with van der Waals surface area (Å²) in [6, 6.07) is 14.7. The van der Waals surface area contributed by atoms with Crippen LogP contribution >= 0.6 is 15.9 Å². The first-order chi connectivity index (χ1) is 13.7. The molecule has 0 aliphatic carbocycles. The third-order valence-corrected chi connectivity index (χ3v) is 8.79. The molecule has 0 radical (unpaired) electrons. The Kier molecular flexibility index (Phi) is 9.49. The molecule has 0 aliphatic heterocycles. The molecule has 4 atom stereocenters. The van der Waals surface area contributed by atoms with E-state index < -0.39 is 37.8 Å². The van der Waals surface area contributed by atoms with E-state index in [1.165, 1.54) is 0 Å². The number of alkyl halides is 1. The summed E-state index contributed by atoms with van der Waals surface area (Å²) in [4.78, 5) is 0.193. The standard InChI is InChI=1S/C21H28BrNO4S2/c1-3-4-10-20(24)21(22)19(15-28(25)17-8-6-5-7-9-17)23-29(26,27)18-13-11-16(2)12-14-18/h5-9,11-14,19-21,23-24H,3-4,10,15H2,1-2H3/t19-,20-,21-,28?/m0/s1. The number of aliphatic hydroxyl groups excluding tert-OH is 1. The second-order valence-electron chi connectivity index (χ2n) is 7.02. The molecule has 0 amide bonds. The number of rotatable bonds is 11. The second-order valence-corrected chi connectivity index (χ2v) is 11.3. The molecule has 0 aromatic heterocycles. The lowest BCUT2D eigenvalue weighted by atomic mass is 10.1. The van der Waals surface area contributed by atoms with Gasteiger partial charge in [0, 0.05) is 16.7 Å². The van der Waals surface area contributed by atoms with Crippen LogP contribution in [0.1, 0.15) is 31.7 Å². The first-order valence-electron chi connectivity index (χ1n) is 9.59. The number of aryl methyl sites for hydroxylation is 1. The lowest BCUT2D eigenvalue weighted by Gasteiger charge is -2.27. The summed E-state index contributed by atoms with van der Waals surface area (Å²) < 4.78 is 41.3. The molecule has 0 spiro atoms. The van der Waals surface area contributed by atoms with Crippen LogP contribution in [0.25, 0.3) is 0 Å². The topological polar surface area (TPSA) is 83.5 Å². The number of unbranched alkanes of at least 4 members (excludes halogenated alkanes) is 1. The average Bonchev–Trinajstić information content (AvgIpc) is 2.71. The molecule has 0 heterocycles. The van der Waals surface area contributed by atoms with E-state index in [0.717, 1.165) is 18.4 Å². The number of aliphatic hydroxyl groups is 1. The fraction of sp³-hybridized carbons (Fsp3) is 0.429. The molecule has 2 aromatic carbocycles.